The monoisotopic (exact) mass is 414 g/mol. The van der Waals surface area contributed by atoms with Crippen molar-refractivity contribution < 1.29 is 14.3 Å². The number of thioether (sulfide) groups is 1. The summed E-state index contributed by atoms with van der Waals surface area (Å²) in [5.41, 5.74) is 3.37. The van der Waals surface area contributed by atoms with Crippen LogP contribution in [0.3, 0.4) is 0 Å². The molecule has 0 saturated heterocycles. The van der Waals surface area contributed by atoms with Crippen LogP contribution in [0.15, 0.2) is 48.5 Å². The number of nitrogens with zero attached hydrogens (tertiary/aromatic N) is 1. The van der Waals surface area contributed by atoms with Gasteiger partial charge in [0.25, 0.3) is 0 Å². The number of rotatable bonds is 10. The Kier molecular flexibility index (Phi) is 9.06. The largest absolute Gasteiger partial charge is 0.497 e. The van der Waals surface area contributed by atoms with Gasteiger partial charge in [-0.25, -0.2) is 0 Å². The topological polar surface area (TPSA) is 58.6 Å². The molecule has 0 radical (unpaired) electrons. The summed E-state index contributed by atoms with van der Waals surface area (Å²) < 4.78 is 5.28. The third kappa shape index (κ3) is 6.82. The van der Waals surface area contributed by atoms with Crippen molar-refractivity contribution in [3.8, 4) is 5.75 Å². The third-order valence-electron chi connectivity index (χ3n) is 4.75. The van der Waals surface area contributed by atoms with Crippen LogP contribution in [0.5, 0.6) is 5.75 Å². The minimum atomic E-state index is -0.548. The quantitative estimate of drug-likeness (QED) is 0.643. The zero-order valence-electron chi connectivity index (χ0n) is 17.6. The Bertz CT molecular complexity index is 825. The highest BCUT2D eigenvalue weighted by molar-refractivity contribution is 7.99. The molecule has 2 rings (SSSR count). The van der Waals surface area contributed by atoms with Crippen molar-refractivity contribution in [3.63, 3.8) is 0 Å². The van der Waals surface area contributed by atoms with Gasteiger partial charge in [-0.15, -0.1) is 11.8 Å². The summed E-state index contributed by atoms with van der Waals surface area (Å²) in [6.45, 7) is 6.61. The Morgan fingerprint density at radius 3 is 2.62 bits per heavy atom. The molecule has 0 aliphatic heterocycles. The van der Waals surface area contributed by atoms with E-state index in [1.807, 2.05) is 43.3 Å². The van der Waals surface area contributed by atoms with Crippen LogP contribution in [0.4, 0.5) is 0 Å². The maximum Gasteiger partial charge on any atom is 0.242 e. The standard InChI is InChI=1S/C23H30N2O3S/c1-5-24-23(27)18(3)25(14-19-10-8-12-21(13-19)28-4)22(26)16-29-15-20-11-7-6-9-17(20)2/h6-13,18H,5,14-16H2,1-4H3,(H,24,27). The molecular weight excluding hydrogens is 384 g/mol. The molecule has 1 atom stereocenters. The Labute approximate surface area is 177 Å². The van der Waals surface area contributed by atoms with E-state index in [0.29, 0.717) is 18.8 Å². The van der Waals surface area contributed by atoms with E-state index in [4.69, 9.17) is 4.74 Å². The van der Waals surface area contributed by atoms with E-state index >= 15 is 0 Å². The molecule has 2 aromatic carbocycles. The van der Waals surface area contributed by atoms with Crippen molar-refractivity contribution >= 4 is 23.6 Å². The predicted molar refractivity (Wildman–Crippen MR) is 119 cm³/mol. The maximum atomic E-state index is 13.0. The third-order valence-corrected chi connectivity index (χ3v) is 5.72. The van der Waals surface area contributed by atoms with E-state index in [1.165, 1.54) is 11.1 Å². The molecule has 6 heteroatoms. The summed E-state index contributed by atoms with van der Waals surface area (Å²) >= 11 is 1.57. The van der Waals surface area contributed by atoms with Crippen LogP contribution in [-0.2, 0) is 21.9 Å². The van der Waals surface area contributed by atoms with Crippen molar-refractivity contribution in [2.24, 2.45) is 0 Å². The molecule has 0 fully saturated rings. The number of amides is 2. The molecule has 1 unspecified atom stereocenters. The van der Waals surface area contributed by atoms with E-state index < -0.39 is 6.04 Å². The van der Waals surface area contributed by atoms with Crippen LogP contribution in [0.2, 0.25) is 0 Å². The Morgan fingerprint density at radius 2 is 1.93 bits per heavy atom. The molecule has 0 aromatic heterocycles. The maximum absolute atomic E-state index is 13.0. The van der Waals surface area contributed by atoms with Gasteiger partial charge in [-0.05, 0) is 49.6 Å². The van der Waals surface area contributed by atoms with Gasteiger partial charge in [0.2, 0.25) is 11.8 Å². The molecule has 1 N–H and O–H groups in total. The second kappa shape index (κ2) is 11.5. The fraction of sp³-hybridized carbons (Fsp3) is 0.391. The molecular formula is C23H30N2O3S. The molecule has 0 heterocycles. The minimum absolute atomic E-state index is 0.0508. The normalized spacial score (nSPS) is 11.6. The summed E-state index contributed by atoms with van der Waals surface area (Å²) in [5.74, 6) is 1.62. The van der Waals surface area contributed by atoms with Gasteiger partial charge >= 0.3 is 0 Å². The van der Waals surface area contributed by atoms with Gasteiger partial charge in [0, 0.05) is 18.8 Å². The first-order chi connectivity index (χ1) is 14.0. The first-order valence-corrected chi connectivity index (χ1v) is 10.9. The van der Waals surface area contributed by atoms with Crippen LogP contribution < -0.4 is 10.1 Å². The number of aryl methyl sites for hydroxylation is 1. The first-order valence-electron chi connectivity index (χ1n) is 9.78. The highest BCUT2D eigenvalue weighted by atomic mass is 32.2. The summed E-state index contributed by atoms with van der Waals surface area (Å²) in [4.78, 5) is 27.1. The lowest BCUT2D eigenvalue weighted by atomic mass is 10.1. The number of methoxy groups -OCH3 is 1. The first kappa shape index (κ1) is 22.8. The van der Waals surface area contributed by atoms with Gasteiger partial charge < -0.3 is 15.0 Å². The van der Waals surface area contributed by atoms with Gasteiger partial charge in [-0.3, -0.25) is 9.59 Å². The van der Waals surface area contributed by atoms with Gasteiger partial charge in [0.05, 0.1) is 12.9 Å². The fourth-order valence-electron chi connectivity index (χ4n) is 2.98. The lowest BCUT2D eigenvalue weighted by Crippen LogP contribution is -2.48. The average Bonchev–Trinajstić information content (AvgIpc) is 2.73. The Morgan fingerprint density at radius 1 is 1.17 bits per heavy atom. The molecule has 2 aromatic rings. The molecule has 0 saturated carbocycles. The average molecular weight is 415 g/mol. The summed E-state index contributed by atoms with van der Waals surface area (Å²) in [5, 5.41) is 2.81. The Hall–Kier alpha value is -2.47. The van der Waals surface area contributed by atoms with Gasteiger partial charge in [-0.1, -0.05) is 36.4 Å². The number of benzene rings is 2. The fourth-order valence-corrected chi connectivity index (χ4v) is 3.96. The Balaban J connectivity index is 2.09. The lowest BCUT2D eigenvalue weighted by Gasteiger charge is -2.28. The van der Waals surface area contributed by atoms with Crippen LogP contribution in [0.25, 0.3) is 0 Å². The number of nitrogens with one attached hydrogen (secondary N) is 1. The number of hydrogen-bond donors (Lipinski definition) is 1. The smallest absolute Gasteiger partial charge is 0.242 e. The molecule has 0 aliphatic carbocycles. The summed E-state index contributed by atoms with van der Waals surface area (Å²) in [6.07, 6.45) is 0. The zero-order chi connectivity index (χ0) is 21.2. The van der Waals surface area contributed by atoms with Crippen LogP contribution in [-0.4, -0.2) is 42.2 Å². The molecule has 0 spiro atoms. The zero-order valence-corrected chi connectivity index (χ0v) is 18.4. The number of carbonyl (C=O) groups is 2. The molecule has 156 valence electrons. The summed E-state index contributed by atoms with van der Waals surface area (Å²) in [6, 6.07) is 15.2. The van der Waals surface area contributed by atoms with E-state index in [2.05, 4.69) is 24.4 Å². The van der Waals surface area contributed by atoms with Crippen LogP contribution in [0.1, 0.15) is 30.5 Å². The van der Waals surface area contributed by atoms with E-state index in [1.54, 1.807) is 30.7 Å². The van der Waals surface area contributed by atoms with Crippen molar-refractivity contribution in [1.82, 2.24) is 10.2 Å². The molecule has 0 aliphatic rings. The second-order valence-corrected chi connectivity index (χ2v) is 7.85. The number of likely N-dealkylation sites (N-methyl/N-ethyl adjacent to an activating group) is 1. The number of hydrogen-bond acceptors (Lipinski definition) is 4. The van der Waals surface area contributed by atoms with Crippen LogP contribution >= 0.6 is 11.8 Å². The van der Waals surface area contributed by atoms with E-state index in [9.17, 15) is 9.59 Å². The van der Waals surface area contributed by atoms with Gasteiger partial charge in [-0.2, -0.15) is 0 Å². The highest BCUT2D eigenvalue weighted by Gasteiger charge is 2.25. The van der Waals surface area contributed by atoms with Crippen molar-refractivity contribution in [2.75, 3.05) is 19.4 Å². The summed E-state index contributed by atoms with van der Waals surface area (Å²) in [7, 11) is 1.61. The van der Waals surface area contributed by atoms with E-state index in [-0.39, 0.29) is 11.8 Å². The SMILES string of the molecule is CCNC(=O)C(C)N(Cc1cccc(OC)c1)C(=O)CSCc1ccccc1C. The highest BCUT2D eigenvalue weighted by Crippen LogP contribution is 2.19. The molecule has 29 heavy (non-hydrogen) atoms. The predicted octanol–water partition coefficient (Wildman–Crippen LogP) is 3.79. The lowest BCUT2D eigenvalue weighted by molar-refractivity contribution is -0.138. The second-order valence-electron chi connectivity index (χ2n) is 6.86. The van der Waals surface area contributed by atoms with Gasteiger partial charge in [0.1, 0.15) is 11.8 Å². The number of ether oxygens (including phenoxy) is 1. The van der Waals surface area contributed by atoms with E-state index in [0.717, 1.165) is 17.1 Å². The molecule has 2 amide bonds. The van der Waals surface area contributed by atoms with Gasteiger partial charge in [0.15, 0.2) is 0 Å². The van der Waals surface area contributed by atoms with Crippen molar-refractivity contribution in [1.29, 1.82) is 0 Å². The van der Waals surface area contributed by atoms with Crippen molar-refractivity contribution in [2.45, 2.75) is 39.1 Å². The van der Waals surface area contributed by atoms with Crippen LogP contribution in [0, 0.1) is 6.92 Å². The minimum Gasteiger partial charge on any atom is -0.497 e. The molecule has 0 bridgehead atoms. The van der Waals surface area contributed by atoms with Crippen molar-refractivity contribution in [3.05, 3.63) is 65.2 Å². The molecule has 5 nitrogen and oxygen atoms in total. The number of carbonyl (C=O) groups excluding carboxylic acids is 2.